The zero-order valence-corrected chi connectivity index (χ0v) is 10.6. The van der Waals surface area contributed by atoms with Crippen molar-refractivity contribution >= 4 is 11.6 Å². The Labute approximate surface area is 107 Å². The summed E-state index contributed by atoms with van der Waals surface area (Å²) in [5, 5.41) is 0. The number of hydrogen-bond donors (Lipinski definition) is 2. The van der Waals surface area contributed by atoms with E-state index in [1.54, 1.807) is 12.3 Å². The molecule has 2 aliphatic heterocycles. The van der Waals surface area contributed by atoms with Crippen molar-refractivity contribution < 1.29 is 4.79 Å². The average Bonchev–Trinajstić information content (AvgIpc) is 2.84. The van der Waals surface area contributed by atoms with E-state index in [9.17, 15) is 4.79 Å². The minimum atomic E-state index is 0.0805. The van der Waals surface area contributed by atoms with Gasteiger partial charge in [0.05, 0.1) is 0 Å². The molecule has 0 radical (unpaired) electrons. The lowest BCUT2D eigenvalue weighted by atomic mass is 9.99. The number of piperidine rings is 1. The molecule has 0 aromatic carbocycles. The average molecular weight is 248 g/mol. The predicted octanol–water partition coefficient (Wildman–Crippen LogP) is 0.907. The van der Waals surface area contributed by atoms with Gasteiger partial charge in [-0.1, -0.05) is 6.42 Å². The monoisotopic (exact) mass is 248 g/mol. The highest BCUT2D eigenvalue weighted by atomic mass is 16.2. The highest BCUT2D eigenvalue weighted by molar-refractivity contribution is 5.93. The maximum absolute atomic E-state index is 12.3. The minimum Gasteiger partial charge on any atom is -0.397 e. The fourth-order valence-corrected chi connectivity index (χ4v) is 3.05. The molecule has 1 unspecified atom stereocenters. The summed E-state index contributed by atoms with van der Waals surface area (Å²) in [7, 11) is 0. The van der Waals surface area contributed by atoms with Crippen molar-refractivity contribution in [1.82, 2.24) is 14.8 Å². The number of aromatic nitrogens is 1. The summed E-state index contributed by atoms with van der Waals surface area (Å²) in [6, 6.07) is 2.28. The number of rotatable bonds is 1. The van der Waals surface area contributed by atoms with E-state index in [1.807, 2.05) is 4.90 Å². The number of anilines is 1. The van der Waals surface area contributed by atoms with Crippen LogP contribution in [0.4, 0.5) is 5.69 Å². The molecule has 2 aliphatic rings. The molecule has 1 amide bonds. The topological polar surface area (TPSA) is 65.4 Å². The zero-order chi connectivity index (χ0) is 12.5. The predicted molar refractivity (Wildman–Crippen MR) is 70.3 cm³/mol. The highest BCUT2D eigenvalue weighted by Gasteiger charge is 2.31. The number of aromatic amines is 1. The van der Waals surface area contributed by atoms with Crippen molar-refractivity contribution in [2.45, 2.75) is 25.3 Å². The summed E-state index contributed by atoms with van der Waals surface area (Å²) in [4.78, 5) is 19.7. The quantitative estimate of drug-likeness (QED) is 0.776. The van der Waals surface area contributed by atoms with Crippen LogP contribution in [0.25, 0.3) is 0 Å². The molecule has 2 fully saturated rings. The van der Waals surface area contributed by atoms with Crippen LogP contribution in [0.5, 0.6) is 0 Å². The molecule has 0 aliphatic carbocycles. The van der Waals surface area contributed by atoms with Gasteiger partial charge >= 0.3 is 0 Å². The number of nitrogen functional groups attached to an aromatic ring is 1. The van der Waals surface area contributed by atoms with Crippen molar-refractivity contribution in [3.63, 3.8) is 0 Å². The van der Waals surface area contributed by atoms with Crippen LogP contribution >= 0.6 is 0 Å². The number of nitrogens with zero attached hydrogens (tertiary/aromatic N) is 2. The molecule has 3 N–H and O–H groups in total. The minimum absolute atomic E-state index is 0.0805. The summed E-state index contributed by atoms with van der Waals surface area (Å²) in [5.41, 5.74) is 6.87. The zero-order valence-electron chi connectivity index (χ0n) is 10.6. The van der Waals surface area contributed by atoms with Crippen LogP contribution < -0.4 is 5.73 Å². The Morgan fingerprint density at radius 1 is 1.33 bits per heavy atom. The SMILES string of the molecule is Nc1c[nH]c(C(=O)N2CCN3CCCCC3C2)c1. The van der Waals surface area contributed by atoms with E-state index in [0.717, 1.165) is 19.6 Å². The summed E-state index contributed by atoms with van der Waals surface area (Å²) in [5.74, 6) is 0.0805. The number of H-pyrrole nitrogens is 1. The first-order valence-electron chi connectivity index (χ1n) is 6.71. The van der Waals surface area contributed by atoms with Gasteiger partial charge in [-0.15, -0.1) is 0 Å². The second kappa shape index (κ2) is 4.65. The lowest BCUT2D eigenvalue weighted by Gasteiger charge is -2.43. The molecule has 1 aromatic rings. The van der Waals surface area contributed by atoms with Gasteiger partial charge in [0, 0.05) is 37.6 Å². The fraction of sp³-hybridized carbons (Fsp3) is 0.615. The second-order valence-corrected chi connectivity index (χ2v) is 5.28. The van der Waals surface area contributed by atoms with Gasteiger partial charge in [-0.3, -0.25) is 9.69 Å². The normalized spacial score (nSPS) is 24.9. The van der Waals surface area contributed by atoms with E-state index in [-0.39, 0.29) is 5.91 Å². The number of hydrogen-bond acceptors (Lipinski definition) is 3. The molecule has 1 aromatic heterocycles. The highest BCUT2D eigenvalue weighted by Crippen LogP contribution is 2.22. The van der Waals surface area contributed by atoms with E-state index in [1.165, 1.54) is 25.8 Å². The van der Waals surface area contributed by atoms with Gasteiger partial charge in [-0.2, -0.15) is 0 Å². The summed E-state index contributed by atoms with van der Waals surface area (Å²) in [6.45, 7) is 3.89. The van der Waals surface area contributed by atoms with Crippen LogP contribution in [0.15, 0.2) is 12.3 Å². The van der Waals surface area contributed by atoms with E-state index >= 15 is 0 Å². The molecule has 5 heteroatoms. The Hall–Kier alpha value is -1.49. The van der Waals surface area contributed by atoms with Crippen LogP contribution in [0.2, 0.25) is 0 Å². The maximum Gasteiger partial charge on any atom is 0.270 e. The molecule has 2 saturated heterocycles. The maximum atomic E-state index is 12.3. The Balaban J connectivity index is 1.68. The van der Waals surface area contributed by atoms with E-state index < -0.39 is 0 Å². The summed E-state index contributed by atoms with van der Waals surface area (Å²) < 4.78 is 0. The van der Waals surface area contributed by atoms with Gasteiger partial charge in [0.1, 0.15) is 5.69 Å². The third kappa shape index (κ3) is 2.10. The van der Waals surface area contributed by atoms with E-state index in [0.29, 0.717) is 17.4 Å². The number of nitrogens with two attached hydrogens (primary N) is 1. The third-order valence-electron chi connectivity index (χ3n) is 4.06. The summed E-state index contributed by atoms with van der Waals surface area (Å²) >= 11 is 0. The lowest BCUT2D eigenvalue weighted by Crippen LogP contribution is -2.56. The Morgan fingerprint density at radius 2 is 2.22 bits per heavy atom. The number of carbonyl (C=O) groups excluding carboxylic acids is 1. The van der Waals surface area contributed by atoms with Gasteiger partial charge in [0.15, 0.2) is 0 Å². The second-order valence-electron chi connectivity index (χ2n) is 5.28. The first kappa shape index (κ1) is 11.6. The van der Waals surface area contributed by atoms with Crippen molar-refractivity contribution in [1.29, 1.82) is 0 Å². The van der Waals surface area contributed by atoms with Crippen molar-refractivity contribution in [3.8, 4) is 0 Å². The van der Waals surface area contributed by atoms with Crippen LogP contribution in [-0.4, -0.2) is 52.9 Å². The third-order valence-corrected chi connectivity index (χ3v) is 4.06. The van der Waals surface area contributed by atoms with Crippen molar-refractivity contribution in [2.75, 3.05) is 31.9 Å². The molecule has 98 valence electrons. The lowest BCUT2D eigenvalue weighted by molar-refractivity contribution is 0.0369. The number of nitrogens with one attached hydrogen (secondary N) is 1. The number of amides is 1. The number of carbonyl (C=O) groups is 1. The fourth-order valence-electron chi connectivity index (χ4n) is 3.05. The van der Waals surface area contributed by atoms with Crippen LogP contribution in [-0.2, 0) is 0 Å². The first-order valence-corrected chi connectivity index (χ1v) is 6.71. The van der Waals surface area contributed by atoms with E-state index in [2.05, 4.69) is 9.88 Å². The molecule has 0 bridgehead atoms. The molecule has 3 rings (SSSR count). The Kier molecular flexibility index (Phi) is 2.99. The van der Waals surface area contributed by atoms with Crippen LogP contribution in [0, 0.1) is 0 Å². The van der Waals surface area contributed by atoms with Crippen LogP contribution in [0.1, 0.15) is 29.8 Å². The molecule has 0 saturated carbocycles. The van der Waals surface area contributed by atoms with Gasteiger partial charge < -0.3 is 15.6 Å². The molecule has 18 heavy (non-hydrogen) atoms. The van der Waals surface area contributed by atoms with Gasteiger partial charge in [-0.05, 0) is 25.5 Å². The van der Waals surface area contributed by atoms with Gasteiger partial charge in [0.2, 0.25) is 0 Å². The molecule has 0 spiro atoms. The largest absolute Gasteiger partial charge is 0.397 e. The summed E-state index contributed by atoms with van der Waals surface area (Å²) in [6.07, 6.45) is 5.48. The molecule has 1 atom stereocenters. The Morgan fingerprint density at radius 3 is 3.00 bits per heavy atom. The van der Waals surface area contributed by atoms with Crippen molar-refractivity contribution in [3.05, 3.63) is 18.0 Å². The smallest absolute Gasteiger partial charge is 0.270 e. The van der Waals surface area contributed by atoms with Gasteiger partial charge in [-0.25, -0.2) is 0 Å². The Bertz CT molecular complexity index is 442. The molecular weight excluding hydrogens is 228 g/mol. The van der Waals surface area contributed by atoms with Crippen molar-refractivity contribution in [2.24, 2.45) is 0 Å². The number of piperazine rings is 1. The van der Waals surface area contributed by atoms with E-state index in [4.69, 9.17) is 5.73 Å². The standard InChI is InChI=1S/C13H20N4O/c14-10-7-12(15-8-10)13(18)17-6-5-16-4-2-1-3-11(16)9-17/h7-8,11,15H,1-6,9,14H2. The van der Waals surface area contributed by atoms with Gasteiger partial charge in [0.25, 0.3) is 5.91 Å². The molecule has 5 nitrogen and oxygen atoms in total. The molecule has 3 heterocycles. The first-order chi connectivity index (χ1) is 8.74. The van der Waals surface area contributed by atoms with Crippen LogP contribution in [0.3, 0.4) is 0 Å². The molecular formula is C13H20N4O. The number of fused-ring (bicyclic) bond motifs is 1.